The molecule has 1 aliphatic heterocycles. The molecule has 0 amide bonds. The van der Waals surface area contributed by atoms with Gasteiger partial charge in [-0.3, -0.25) is 9.69 Å². The molecule has 8 heteroatoms. The van der Waals surface area contributed by atoms with Crippen LogP contribution in [0.3, 0.4) is 0 Å². The molecule has 5 rings (SSSR count). The number of ether oxygens (including phenoxy) is 2. The van der Waals surface area contributed by atoms with Gasteiger partial charge in [0.05, 0.1) is 34.2 Å². The van der Waals surface area contributed by atoms with Gasteiger partial charge in [0, 0.05) is 24.2 Å². The highest BCUT2D eigenvalue weighted by atomic mass is 79.9. The van der Waals surface area contributed by atoms with E-state index < -0.39 is 11.4 Å². The van der Waals surface area contributed by atoms with Gasteiger partial charge in [0.2, 0.25) is 0 Å². The van der Waals surface area contributed by atoms with Crippen LogP contribution >= 0.6 is 15.9 Å². The molecule has 41 heavy (non-hydrogen) atoms. The highest BCUT2D eigenvalue weighted by molar-refractivity contribution is 9.10. The van der Waals surface area contributed by atoms with Gasteiger partial charge in [-0.15, -0.1) is 0 Å². The van der Waals surface area contributed by atoms with Gasteiger partial charge in [0.15, 0.2) is 0 Å². The quantitative estimate of drug-likeness (QED) is 0.218. The number of nitrogens with zero attached hydrogens (tertiary/aromatic N) is 2. The first-order valence-electron chi connectivity index (χ1n) is 14.1. The van der Waals surface area contributed by atoms with E-state index in [0.717, 1.165) is 22.3 Å². The highest BCUT2D eigenvalue weighted by Gasteiger charge is 2.44. The lowest BCUT2D eigenvalue weighted by molar-refractivity contribution is -0.152. The van der Waals surface area contributed by atoms with Crippen LogP contribution in [0.15, 0.2) is 77.3 Å². The van der Waals surface area contributed by atoms with Crippen LogP contribution < -0.4 is 0 Å². The summed E-state index contributed by atoms with van der Waals surface area (Å²) in [5.74, 6) is -0.536. The van der Waals surface area contributed by atoms with E-state index >= 15 is 0 Å². The minimum atomic E-state index is -0.703. The van der Waals surface area contributed by atoms with E-state index in [2.05, 4.69) is 37.5 Å². The fourth-order valence-corrected chi connectivity index (χ4v) is 6.23. The predicted molar refractivity (Wildman–Crippen MR) is 162 cm³/mol. The maximum Gasteiger partial charge on any atom is 0.340 e. The second-order valence-corrected chi connectivity index (χ2v) is 11.2. The number of phenolic OH excluding ortho intramolecular Hbond substituents is 1. The molecule has 0 aliphatic carbocycles. The number of piperidine rings is 1. The van der Waals surface area contributed by atoms with E-state index in [1.54, 1.807) is 13.0 Å². The van der Waals surface area contributed by atoms with Crippen molar-refractivity contribution in [1.82, 2.24) is 9.47 Å². The SMILES string of the molecule is CCOC(=O)c1c(CN2CCC(C(=O)OCC)(c3ccccc3)CC2)n(Cc2ccccc2)c2cc(Br)c(O)cc12. The van der Waals surface area contributed by atoms with Gasteiger partial charge in [-0.25, -0.2) is 4.79 Å². The molecule has 1 fully saturated rings. The number of hydrogen-bond donors (Lipinski definition) is 1. The van der Waals surface area contributed by atoms with Crippen molar-refractivity contribution in [2.75, 3.05) is 26.3 Å². The van der Waals surface area contributed by atoms with Crippen molar-refractivity contribution in [3.63, 3.8) is 0 Å². The molecule has 1 aliphatic rings. The summed E-state index contributed by atoms with van der Waals surface area (Å²) in [7, 11) is 0. The Kier molecular flexibility index (Phi) is 8.80. The topological polar surface area (TPSA) is 81.0 Å². The van der Waals surface area contributed by atoms with E-state index in [1.165, 1.54) is 0 Å². The van der Waals surface area contributed by atoms with E-state index in [4.69, 9.17) is 9.47 Å². The summed E-state index contributed by atoms with van der Waals surface area (Å²) < 4.78 is 13.8. The lowest BCUT2D eigenvalue weighted by Crippen LogP contribution is -2.48. The van der Waals surface area contributed by atoms with Crippen molar-refractivity contribution in [2.45, 2.75) is 45.2 Å². The molecule has 0 saturated carbocycles. The first-order valence-corrected chi connectivity index (χ1v) is 14.9. The average molecular weight is 620 g/mol. The van der Waals surface area contributed by atoms with Crippen LogP contribution in [-0.4, -0.2) is 52.8 Å². The van der Waals surface area contributed by atoms with Gasteiger partial charge >= 0.3 is 11.9 Å². The normalized spacial score (nSPS) is 15.1. The maximum atomic E-state index is 13.4. The Morgan fingerprint density at radius 2 is 1.54 bits per heavy atom. The summed E-state index contributed by atoms with van der Waals surface area (Å²) in [4.78, 5) is 29.0. The molecule has 0 radical (unpaired) electrons. The molecule has 2 heterocycles. The van der Waals surface area contributed by atoms with Crippen LogP contribution in [0.25, 0.3) is 10.9 Å². The van der Waals surface area contributed by atoms with Crippen molar-refractivity contribution < 1.29 is 24.2 Å². The van der Waals surface area contributed by atoms with Crippen molar-refractivity contribution >= 4 is 38.8 Å². The number of aromatic nitrogens is 1. The predicted octanol–water partition coefficient (Wildman–Crippen LogP) is 6.43. The minimum Gasteiger partial charge on any atom is -0.507 e. The van der Waals surface area contributed by atoms with Gasteiger partial charge in [-0.2, -0.15) is 0 Å². The zero-order valence-electron chi connectivity index (χ0n) is 23.4. The molecule has 0 unspecified atom stereocenters. The second kappa shape index (κ2) is 12.5. The van der Waals surface area contributed by atoms with Gasteiger partial charge in [0.1, 0.15) is 5.75 Å². The standard InChI is InChI=1S/C33H35BrN2O5/c1-3-40-31(38)30-25-19-29(37)26(34)20-27(25)36(21-23-11-7-5-8-12-23)28(30)22-35-17-15-33(16-18-35,32(39)41-4-2)24-13-9-6-10-14-24/h5-14,19-20,37H,3-4,15-18,21-22H2,1-2H3. The molecule has 1 N–H and O–H groups in total. The number of fused-ring (bicyclic) bond motifs is 1. The molecule has 0 bridgehead atoms. The second-order valence-electron chi connectivity index (χ2n) is 10.4. The van der Waals surface area contributed by atoms with Crippen LogP contribution in [-0.2, 0) is 32.8 Å². The van der Waals surface area contributed by atoms with E-state index in [1.807, 2.05) is 61.5 Å². The molecular weight excluding hydrogens is 584 g/mol. The summed E-state index contributed by atoms with van der Waals surface area (Å²) in [5.41, 5.74) is 3.48. The van der Waals surface area contributed by atoms with Gasteiger partial charge < -0.3 is 19.1 Å². The lowest BCUT2D eigenvalue weighted by atomic mass is 9.72. The fourth-order valence-electron chi connectivity index (χ4n) is 5.89. The number of esters is 2. The smallest absolute Gasteiger partial charge is 0.340 e. The van der Waals surface area contributed by atoms with Crippen LogP contribution in [0.1, 0.15) is 53.9 Å². The molecule has 7 nitrogen and oxygen atoms in total. The lowest BCUT2D eigenvalue weighted by Gasteiger charge is -2.40. The highest BCUT2D eigenvalue weighted by Crippen LogP contribution is 2.39. The molecule has 0 atom stereocenters. The molecule has 1 saturated heterocycles. The number of halogens is 1. The molecule has 3 aromatic carbocycles. The Hall–Kier alpha value is -3.62. The Morgan fingerprint density at radius 3 is 2.17 bits per heavy atom. The Labute approximate surface area is 248 Å². The van der Waals surface area contributed by atoms with Crippen LogP contribution in [0.5, 0.6) is 5.75 Å². The van der Waals surface area contributed by atoms with Gasteiger partial charge in [0.25, 0.3) is 0 Å². The largest absolute Gasteiger partial charge is 0.507 e. The fraction of sp³-hybridized carbons (Fsp3) is 0.333. The zero-order chi connectivity index (χ0) is 29.0. The number of benzene rings is 3. The Balaban J connectivity index is 1.54. The summed E-state index contributed by atoms with van der Waals surface area (Å²) in [6, 6.07) is 23.5. The molecule has 214 valence electrons. The van der Waals surface area contributed by atoms with E-state index in [0.29, 0.717) is 61.0 Å². The number of carbonyl (C=O) groups excluding carboxylic acids is 2. The van der Waals surface area contributed by atoms with Crippen molar-refractivity contribution in [3.8, 4) is 5.75 Å². The van der Waals surface area contributed by atoms with E-state index in [-0.39, 0.29) is 18.3 Å². The van der Waals surface area contributed by atoms with E-state index in [9.17, 15) is 14.7 Å². The van der Waals surface area contributed by atoms with Crippen LogP contribution in [0, 0.1) is 0 Å². The molecule has 4 aromatic rings. The number of carbonyl (C=O) groups is 2. The molecule has 1 aromatic heterocycles. The third-order valence-electron chi connectivity index (χ3n) is 7.98. The Morgan fingerprint density at radius 1 is 0.902 bits per heavy atom. The van der Waals surface area contributed by atoms with Crippen LogP contribution in [0.4, 0.5) is 0 Å². The third kappa shape index (κ3) is 5.76. The summed E-state index contributed by atoms with van der Waals surface area (Å²) in [5, 5.41) is 11.2. The molecule has 0 spiro atoms. The van der Waals surface area contributed by atoms with Gasteiger partial charge in [-0.1, -0.05) is 60.7 Å². The number of aromatic hydroxyl groups is 1. The third-order valence-corrected chi connectivity index (χ3v) is 8.61. The minimum absolute atomic E-state index is 0.0616. The zero-order valence-corrected chi connectivity index (χ0v) is 25.0. The van der Waals surface area contributed by atoms with Crippen molar-refractivity contribution in [2.24, 2.45) is 0 Å². The summed E-state index contributed by atoms with van der Waals surface area (Å²) in [6.45, 7) is 6.55. The number of rotatable bonds is 9. The Bertz CT molecular complexity index is 1530. The number of phenols is 1. The number of hydrogen-bond acceptors (Lipinski definition) is 6. The first-order chi connectivity index (χ1) is 19.9. The summed E-state index contributed by atoms with van der Waals surface area (Å²) in [6.07, 6.45) is 1.21. The van der Waals surface area contributed by atoms with Crippen molar-refractivity contribution in [3.05, 3.63) is 99.7 Å². The molecular formula is C33H35BrN2O5. The monoisotopic (exact) mass is 618 g/mol. The van der Waals surface area contributed by atoms with Crippen molar-refractivity contribution in [1.29, 1.82) is 0 Å². The maximum absolute atomic E-state index is 13.4. The summed E-state index contributed by atoms with van der Waals surface area (Å²) >= 11 is 3.46. The average Bonchev–Trinajstić information content (AvgIpc) is 3.26. The van der Waals surface area contributed by atoms with Crippen LogP contribution in [0.2, 0.25) is 0 Å². The first kappa shape index (κ1) is 28.9. The number of likely N-dealkylation sites (tertiary alicyclic amines) is 1. The van der Waals surface area contributed by atoms with Gasteiger partial charge in [-0.05, 0) is 79.0 Å².